The largest absolute Gasteiger partial charge is 0.462 e. The summed E-state index contributed by atoms with van der Waals surface area (Å²) in [6.45, 7) is 1.68. The minimum Gasteiger partial charge on any atom is -0.462 e. The van der Waals surface area contributed by atoms with E-state index in [1.165, 1.54) is 12.1 Å². The molecule has 0 unspecified atom stereocenters. The van der Waals surface area contributed by atoms with E-state index in [0.29, 0.717) is 5.56 Å². The molecule has 0 radical (unpaired) electrons. The van der Waals surface area contributed by atoms with E-state index < -0.39 is 10.9 Å². The summed E-state index contributed by atoms with van der Waals surface area (Å²) in [6.07, 6.45) is 1.03. The number of hydrogen-bond donors (Lipinski definition) is 1. The Morgan fingerprint density at radius 3 is 2.52 bits per heavy atom. The molecule has 0 aliphatic heterocycles. The number of esters is 1. The minimum atomic E-state index is -0.842. The lowest BCUT2D eigenvalue weighted by Gasteiger charge is -2.06. The first-order valence-electron chi connectivity index (χ1n) is 7.90. The maximum atomic E-state index is 12.4. The Labute approximate surface area is 154 Å². The van der Waals surface area contributed by atoms with Gasteiger partial charge in [0.2, 0.25) is 0 Å². The lowest BCUT2D eigenvalue weighted by atomic mass is 10.0. The highest BCUT2D eigenvalue weighted by Crippen LogP contribution is 2.27. The van der Waals surface area contributed by atoms with Gasteiger partial charge >= 0.3 is 5.97 Å². The predicted molar refractivity (Wildman–Crippen MR) is 96.9 cm³/mol. The number of rotatable bonds is 7. The Morgan fingerprint density at radius 2 is 1.93 bits per heavy atom. The van der Waals surface area contributed by atoms with Gasteiger partial charge in [-0.2, -0.15) is 5.26 Å². The summed E-state index contributed by atoms with van der Waals surface area (Å²) in [5.74, 6) is -1.20. The van der Waals surface area contributed by atoms with Crippen molar-refractivity contribution in [3.05, 3.63) is 81.5 Å². The summed E-state index contributed by atoms with van der Waals surface area (Å²) in [5.41, 5.74) is -0.124. The molecule has 2 aromatic rings. The van der Waals surface area contributed by atoms with Gasteiger partial charge in [0.1, 0.15) is 11.8 Å². The molecule has 0 bridgehead atoms. The van der Waals surface area contributed by atoms with E-state index in [0.717, 1.165) is 12.3 Å². The van der Waals surface area contributed by atoms with E-state index in [4.69, 9.17) is 10.00 Å². The Balaban J connectivity index is 2.34. The van der Waals surface area contributed by atoms with Crippen molar-refractivity contribution in [3.8, 4) is 6.07 Å². The molecule has 2 aromatic carbocycles. The van der Waals surface area contributed by atoms with Gasteiger partial charge in [0, 0.05) is 23.4 Å². The van der Waals surface area contributed by atoms with Crippen molar-refractivity contribution in [2.75, 3.05) is 11.9 Å². The van der Waals surface area contributed by atoms with E-state index in [-0.39, 0.29) is 34.9 Å². The molecule has 8 nitrogen and oxygen atoms in total. The quantitative estimate of drug-likeness (QED) is 0.200. The predicted octanol–water partition coefficient (Wildman–Crippen LogP) is 3.21. The molecule has 0 aliphatic rings. The number of hydrogen-bond acceptors (Lipinski definition) is 7. The van der Waals surface area contributed by atoms with Crippen molar-refractivity contribution in [2.24, 2.45) is 0 Å². The van der Waals surface area contributed by atoms with Crippen molar-refractivity contribution in [2.45, 2.75) is 6.92 Å². The SMILES string of the molecule is CCOC(=O)/C(C#N)=C/Nc1ccc(C(=O)c2ccccc2)cc1[N+](=O)[O-]. The fourth-order valence-electron chi connectivity index (χ4n) is 2.20. The van der Waals surface area contributed by atoms with Crippen LogP contribution in [0.15, 0.2) is 60.3 Å². The second-order valence-corrected chi connectivity index (χ2v) is 5.22. The molecule has 0 aliphatic carbocycles. The number of nitro groups is 1. The fraction of sp³-hybridized carbons (Fsp3) is 0.105. The molecule has 0 saturated carbocycles. The highest BCUT2D eigenvalue weighted by atomic mass is 16.6. The van der Waals surface area contributed by atoms with Gasteiger partial charge in [0.05, 0.1) is 11.5 Å². The highest BCUT2D eigenvalue weighted by molar-refractivity contribution is 6.09. The Kier molecular flexibility index (Phi) is 6.39. The average molecular weight is 365 g/mol. The zero-order valence-electron chi connectivity index (χ0n) is 14.3. The summed E-state index contributed by atoms with van der Waals surface area (Å²) in [5, 5.41) is 22.9. The van der Waals surface area contributed by atoms with Crippen LogP contribution in [0.25, 0.3) is 0 Å². The van der Waals surface area contributed by atoms with Gasteiger partial charge in [-0.15, -0.1) is 0 Å². The summed E-state index contributed by atoms with van der Waals surface area (Å²) >= 11 is 0. The van der Waals surface area contributed by atoms with E-state index in [1.807, 2.05) is 0 Å². The van der Waals surface area contributed by atoms with Crippen molar-refractivity contribution < 1.29 is 19.2 Å². The van der Waals surface area contributed by atoms with Crippen LogP contribution in [0.3, 0.4) is 0 Å². The summed E-state index contributed by atoms with van der Waals surface area (Å²) in [7, 11) is 0. The summed E-state index contributed by atoms with van der Waals surface area (Å²) in [4.78, 5) is 34.7. The maximum absolute atomic E-state index is 12.4. The summed E-state index contributed by atoms with van der Waals surface area (Å²) in [6, 6.07) is 13.9. The highest BCUT2D eigenvalue weighted by Gasteiger charge is 2.19. The van der Waals surface area contributed by atoms with E-state index in [1.54, 1.807) is 43.3 Å². The Morgan fingerprint density at radius 1 is 1.22 bits per heavy atom. The number of carbonyl (C=O) groups excluding carboxylic acids is 2. The lowest BCUT2D eigenvalue weighted by Crippen LogP contribution is -2.08. The Bertz CT molecular complexity index is 946. The normalized spacial score (nSPS) is 10.6. The zero-order valence-corrected chi connectivity index (χ0v) is 14.3. The number of nitrogens with zero attached hydrogens (tertiary/aromatic N) is 2. The van der Waals surface area contributed by atoms with E-state index >= 15 is 0 Å². The van der Waals surface area contributed by atoms with Crippen molar-refractivity contribution in [1.29, 1.82) is 5.26 Å². The first-order chi connectivity index (χ1) is 13.0. The molecule has 8 heteroatoms. The van der Waals surface area contributed by atoms with Gasteiger partial charge in [-0.1, -0.05) is 30.3 Å². The molecule has 1 N–H and O–H groups in total. The third kappa shape index (κ3) is 4.76. The van der Waals surface area contributed by atoms with Crippen LogP contribution in [-0.4, -0.2) is 23.3 Å². The van der Waals surface area contributed by atoms with Crippen LogP contribution in [0, 0.1) is 21.4 Å². The van der Waals surface area contributed by atoms with Crippen molar-refractivity contribution >= 4 is 23.1 Å². The standard InChI is InChI=1S/C19H15N3O5/c1-2-27-19(24)15(11-20)12-21-16-9-8-14(10-17(16)22(25)26)18(23)13-6-4-3-5-7-13/h3-10,12,21H,2H2,1H3/b15-12+. The zero-order chi connectivity index (χ0) is 19.8. The van der Waals surface area contributed by atoms with Crippen LogP contribution in [0.2, 0.25) is 0 Å². The molecule has 2 rings (SSSR count). The number of carbonyl (C=O) groups is 2. The van der Waals surface area contributed by atoms with Gasteiger partial charge in [0.25, 0.3) is 5.69 Å². The fourth-order valence-corrected chi connectivity index (χ4v) is 2.20. The van der Waals surface area contributed by atoms with Gasteiger partial charge < -0.3 is 10.1 Å². The van der Waals surface area contributed by atoms with E-state index in [9.17, 15) is 19.7 Å². The lowest BCUT2D eigenvalue weighted by molar-refractivity contribution is -0.383. The third-order valence-corrected chi connectivity index (χ3v) is 3.48. The van der Waals surface area contributed by atoms with Crippen LogP contribution in [0.1, 0.15) is 22.8 Å². The molecule has 0 heterocycles. The van der Waals surface area contributed by atoms with Crippen molar-refractivity contribution in [3.63, 3.8) is 0 Å². The number of ketones is 1. The average Bonchev–Trinajstić information content (AvgIpc) is 2.68. The second-order valence-electron chi connectivity index (χ2n) is 5.22. The number of nitro benzene ring substituents is 1. The van der Waals surface area contributed by atoms with E-state index in [2.05, 4.69) is 5.32 Å². The molecule has 0 atom stereocenters. The van der Waals surface area contributed by atoms with Gasteiger partial charge in [-0.05, 0) is 19.1 Å². The number of nitriles is 1. The molecule has 0 saturated heterocycles. The van der Waals surface area contributed by atoms with Crippen LogP contribution in [0.4, 0.5) is 11.4 Å². The number of ether oxygens (including phenoxy) is 1. The molecule has 27 heavy (non-hydrogen) atoms. The molecule has 0 aromatic heterocycles. The van der Waals surface area contributed by atoms with Gasteiger partial charge in [0.15, 0.2) is 11.4 Å². The van der Waals surface area contributed by atoms with Crippen LogP contribution < -0.4 is 5.32 Å². The van der Waals surface area contributed by atoms with Gasteiger partial charge in [-0.3, -0.25) is 14.9 Å². The number of anilines is 1. The monoisotopic (exact) mass is 365 g/mol. The smallest absolute Gasteiger partial charge is 0.350 e. The number of benzene rings is 2. The minimum absolute atomic E-state index is 0.0293. The molecular weight excluding hydrogens is 350 g/mol. The maximum Gasteiger partial charge on any atom is 0.350 e. The van der Waals surface area contributed by atoms with Crippen LogP contribution >= 0.6 is 0 Å². The number of nitrogens with one attached hydrogen (secondary N) is 1. The molecule has 136 valence electrons. The Hall–Kier alpha value is -3.99. The summed E-state index contributed by atoms with van der Waals surface area (Å²) < 4.78 is 4.71. The van der Waals surface area contributed by atoms with Crippen LogP contribution in [0.5, 0.6) is 0 Å². The third-order valence-electron chi connectivity index (χ3n) is 3.48. The van der Waals surface area contributed by atoms with Crippen molar-refractivity contribution in [1.82, 2.24) is 0 Å². The molecule has 0 spiro atoms. The van der Waals surface area contributed by atoms with Gasteiger partial charge in [-0.25, -0.2) is 4.79 Å². The topological polar surface area (TPSA) is 122 Å². The first-order valence-corrected chi connectivity index (χ1v) is 7.90. The second kappa shape index (κ2) is 8.92. The molecule has 0 fully saturated rings. The van der Waals surface area contributed by atoms with Crippen LogP contribution in [-0.2, 0) is 9.53 Å². The molecule has 0 amide bonds. The molecular formula is C19H15N3O5. The first kappa shape index (κ1) is 19.3.